The number of likely N-dealkylation sites (tertiary alicyclic amines) is 1. The first-order valence-corrected chi connectivity index (χ1v) is 9.69. The van der Waals surface area contributed by atoms with E-state index in [0.29, 0.717) is 10.7 Å². The second-order valence-corrected chi connectivity index (χ2v) is 7.57. The number of halogens is 1. The van der Waals surface area contributed by atoms with Gasteiger partial charge in [0.2, 0.25) is 0 Å². The summed E-state index contributed by atoms with van der Waals surface area (Å²) in [6, 6.07) is 14.3. The standard InChI is InChI=1S/C21H23ClN4O/c1-15-20(26-14-17(22)7-8-19(26)23-15)21(27)24-18-9-11-25(12-10-18)13-16-5-3-2-4-6-16/h2-8,14,18H,9-13H2,1H3,(H,24,27). The zero-order valence-corrected chi connectivity index (χ0v) is 16.1. The monoisotopic (exact) mass is 382 g/mol. The Morgan fingerprint density at radius 3 is 2.67 bits per heavy atom. The number of benzene rings is 1. The van der Waals surface area contributed by atoms with E-state index >= 15 is 0 Å². The molecule has 1 saturated heterocycles. The average molecular weight is 383 g/mol. The molecule has 0 radical (unpaired) electrons. The van der Waals surface area contributed by atoms with Crippen LogP contribution in [-0.4, -0.2) is 39.3 Å². The lowest BCUT2D eigenvalue weighted by Crippen LogP contribution is -2.44. The summed E-state index contributed by atoms with van der Waals surface area (Å²) in [5, 5.41) is 3.77. The van der Waals surface area contributed by atoms with Gasteiger partial charge in [-0.3, -0.25) is 14.1 Å². The second kappa shape index (κ2) is 7.71. The van der Waals surface area contributed by atoms with Crippen molar-refractivity contribution in [2.75, 3.05) is 13.1 Å². The number of imidazole rings is 1. The van der Waals surface area contributed by atoms with Gasteiger partial charge in [0.25, 0.3) is 5.91 Å². The number of nitrogens with one attached hydrogen (secondary N) is 1. The fourth-order valence-corrected chi connectivity index (χ4v) is 3.90. The highest BCUT2D eigenvalue weighted by atomic mass is 35.5. The molecule has 3 heterocycles. The first-order valence-electron chi connectivity index (χ1n) is 9.31. The summed E-state index contributed by atoms with van der Waals surface area (Å²) in [4.78, 5) is 19.8. The molecule has 140 valence electrons. The van der Waals surface area contributed by atoms with Gasteiger partial charge in [0.15, 0.2) is 0 Å². The Kier molecular flexibility index (Phi) is 5.14. The van der Waals surface area contributed by atoms with Gasteiger partial charge in [0.1, 0.15) is 11.3 Å². The van der Waals surface area contributed by atoms with E-state index < -0.39 is 0 Å². The number of amides is 1. The third-order valence-corrected chi connectivity index (χ3v) is 5.37. The lowest BCUT2D eigenvalue weighted by Gasteiger charge is -2.32. The van der Waals surface area contributed by atoms with Crippen molar-refractivity contribution in [1.82, 2.24) is 19.6 Å². The molecule has 0 aliphatic carbocycles. The summed E-state index contributed by atoms with van der Waals surface area (Å²) in [5.74, 6) is -0.0798. The zero-order valence-electron chi connectivity index (χ0n) is 15.4. The summed E-state index contributed by atoms with van der Waals surface area (Å²) in [7, 11) is 0. The number of piperidine rings is 1. The molecule has 5 nitrogen and oxygen atoms in total. The zero-order chi connectivity index (χ0) is 18.8. The highest BCUT2D eigenvalue weighted by molar-refractivity contribution is 6.30. The van der Waals surface area contributed by atoms with E-state index in [4.69, 9.17) is 11.6 Å². The van der Waals surface area contributed by atoms with E-state index in [0.717, 1.165) is 43.8 Å². The molecule has 0 bridgehead atoms. The molecule has 1 aliphatic rings. The predicted molar refractivity (Wildman–Crippen MR) is 107 cm³/mol. The van der Waals surface area contributed by atoms with Crippen LogP contribution in [0.1, 0.15) is 34.6 Å². The SMILES string of the molecule is Cc1nc2ccc(Cl)cn2c1C(=O)NC1CCN(Cc2ccccc2)CC1. The molecular weight excluding hydrogens is 360 g/mol. The van der Waals surface area contributed by atoms with Crippen molar-refractivity contribution in [2.45, 2.75) is 32.4 Å². The Balaban J connectivity index is 1.39. The highest BCUT2D eigenvalue weighted by Gasteiger charge is 2.24. The van der Waals surface area contributed by atoms with E-state index in [-0.39, 0.29) is 11.9 Å². The first kappa shape index (κ1) is 18.0. The van der Waals surface area contributed by atoms with Crippen LogP contribution in [0.15, 0.2) is 48.7 Å². The van der Waals surface area contributed by atoms with Crippen molar-refractivity contribution < 1.29 is 4.79 Å². The molecular formula is C21H23ClN4O. The molecule has 0 spiro atoms. The van der Waals surface area contributed by atoms with Crippen molar-refractivity contribution in [3.05, 3.63) is 70.6 Å². The highest BCUT2D eigenvalue weighted by Crippen LogP contribution is 2.18. The van der Waals surface area contributed by atoms with Crippen LogP contribution in [-0.2, 0) is 6.54 Å². The second-order valence-electron chi connectivity index (χ2n) is 7.13. The molecule has 1 fully saturated rings. The smallest absolute Gasteiger partial charge is 0.270 e. The summed E-state index contributed by atoms with van der Waals surface area (Å²) >= 11 is 6.09. The maximum absolute atomic E-state index is 12.9. The van der Waals surface area contributed by atoms with E-state index in [2.05, 4.69) is 39.5 Å². The Hall–Kier alpha value is -2.37. The third kappa shape index (κ3) is 3.99. The summed E-state index contributed by atoms with van der Waals surface area (Å²) in [6.07, 6.45) is 3.65. The molecule has 0 atom stereocenters. The Morgan fingerprint density at radius 1 is 1.19 bits per heavy atom. The molecule has 1 amide bonds. The average Bonchev–Trinajstić information content (AvgIpc) is 2.99. The Labute approximate surface area is 164 Å². The van der Waals surface area contributed by atoms with E-state index in [1.165, 1.54) is 5.56 Å². The van der Waals surface area contributed by atoms with Crippen LogP contribution in [0, 0.1) is 6.92 Å². The predicted octanol–water partition coefficient (Wildman–Crippen LogP) is 3.69. The number of aryl methyl sites for hydroxylation is 1. The minimum Gasteiger partial charge on any atom is -0.348 e. The fourth-order valence-electron chi connectivity index (χ4n) is 3.74. The number of hydrogen-bond donors (Lipinski definition) is 1. The van der Waals surface area contributed by atoms with E-state index in [1.54, 1.807) is 16.7 Å². The van der Waals surface area contributed by atoms with Gasteiger partial charge in [0, 0.05) is 31.9 Å². The van der Waals surface area contributed by atoms with Gasteiger partial charge in [-0.25, -0.2) is 4.98 Å². The van der Waals surface area contributed by atoms with Gasteiger partial charge >= 0.3 is 0 Å². The van der Waals surface area contributed by atoms with Crippen molar-refractivity contribution >= 4 is 23.2 Å². The van der Waals surface area contributed by atoms with Gasteiger partial charge in [-0.2, -0.15) is 0 Å². The van der Waals surface area contributed by atoms with Crippen LogP contribution < -0.4 is 5.32 Å². The molecule has 27 heavy (non-hydrogen) atoms. The van der Waals surface area contributed by atoms with Crippen LogP contribution in [0.25, 0.3) is 5.65 Å². The van der Waals surface area contributed by atoms with Gasteiger partial charge in [-0.15, -0.1) is 0 Å². The van der Waals surface area contributed by atoms with Crippen LogP contribution in [0.3, 0.4) is 0 Å². The molecule has 1 N–H and O–H groups in total. The third-order valence-electron chi connectivity index (χ3n) is 5.14. The number of rotatable bonds is 4. The number of hydrogen-bond acceptors (Lipinski definition) is 3. The van der Waals surface area contributed by atoms with Crippen molar-refractivity contribution in [2.24, 2.45) is 0 Å². The minimum absolute atomic E-state index is 0.0798. The Morgan fingerprint density at radius 2 is 1.93 bits per heavy atom. The quantitative estimate of drug-likeness (QED) is 0.748. The summed E-state index contributed by atoms with van der Waals surface area (Å²) in [5.41, 5.74) is 3.36. The fraction of sp³-hybridized carbons (Fsp3) is 0.333. The van der Waals surface area contributed by atoms with Crippen molar-refractivity contribution in [3.63, 3.8) is 0 Å². The molecule has 6 heteroatoms. The molecule has 2 aromatic heterocycles. The topological polar surface area (TPSA) is 49.6 Å². The van der Waals surface area contributed by atoms with Crippen molar-refractivity contribution in [3.8, 4) is 0 Å². The number of carbonyl (C=O) groups excluding carboxylic acids is 1. The van der Waals surface area contributed by atoms with Crippen LogP contribution in [0.2, 0.25) is 5.02 Å². The van der Waals surface area contributed by atoms with Crippen LogP contribution in [0.4, 0.5) is 0 Å². The summed E-state index contributed by atoms with van der Waals surface area (Å²) < 4.78 is 1.78. The number of fused-ring (bicyclic) bond motifs is 1. The van der Waals surface area contributed by atoms with Crippen LogP contribution in [0.5, 0.6) is 0 Å². The maximum atomic E-state index is 12.9. The number of carbonyl (C=O) groups is 1. The normalized spacial score (nSPS) is 15.9. The number of aromatic nitrogens is 2. The molecule has 3 aromatic rings. The molecule has 0 unspecified atom stereocenters. The maximum Gasteiger partial charge on any atom is 0.270 e. The molecule has 1 aliphatic heterocycles. The molecule has 4 rings (SSSR count). The number of nitrogens with zero attached hydrogens (tertiary/aromatic N) is 3. The van der Waals surface area contributed by atoms with Crippen LogP contribution >= 0.6 is 11.6 Å². The largest absolute Gasteiger partial charge is 0.348 e. The molecule has 0 saturated carbocycles. The lowest BCUT2D eigenvalue weighted by molar-refractivity contribution is 0.0902. The Bertz CT molecular complexity index is 945. The van der Waals surface area contributed by atoms with Gasteiger partial charge in [-0.05, 0) is 37.5 Å². The molecule has 1 aromatic carbocycles. The minimum atomic E-state index is -0.0798. The van der Waals surface area contributed by atoms with E-state index in [9.17, 15) is 4.79 Å². The first-order chi connectivity index (χ1) is 13.1. The van der Waals surface area contributed by atoms with Gasteiger partial charge in [-0.1, -0.05) is 41.9 Å². The lowest BCUT2D eigenvalue weighted by atomic mass is 10.0. The van der Waals surface area contributed by atoms with Crippen molar-refractivity contribution in [1.29, 1.82) is 0 Å². The van der Waals surface area contributed by atoms with Gasteiger partial charge < -0.3 is 5.32 Å². The van der Waals surface area contributed by atoms with Gasteiger partial charge in [0.05, 0.1) is 10.7 Å². The van der Waals surface area contributed by atoms with E-state index in [1.807, 2.05) is 19.1 Å². The summed E-state index contributed by atoms with van der Waals surface area (Å²) in [6.45, 7) is 4.79. The number of pyridine rings is 1.